The molecule has 4 rings (SSSR count). The summed E-state index contributed by atoms with van der Waals surface area (Å²) in [6, 6.07) is 16.9. The van der Waals surface area contributed by atoms with Crippen LogP contribution < -0.4 is 5.32 Å². The van der Waals surface area contributed by atoms with Crippen molar-refractivity contribution >= 4 is 28.8 Å². The maximum atomic E-state index is 6.07. The lowest BCUT2D eigenvalue weighted by Crippen LogP contribution is -2.45. The van der Waals surface area contributed by atoms with Crippen molar-refractivity contribution in [3.8, 4) is 0 Å². The smallest absolute Gasteiger partial charge is 0.0837 e. The highest BCUT2D eigenvalue weighted by Gasteiger charge is 2.31. The Hall–Kier alpha value is -1.46. The van der Waals surface area contributed by atoms with Crippen LogP contribution in [0.2, 0.25) is 5.02 Å². The molecule has 0 radical (unpaired) electrons. The van der Waals surface area contributed by atoms with Gasteiger partial charge in [0.15, 0.2) is 0 Å². The van der Waals surface area contributed by atoms with E-state index in [4.69, 9.17) is 23.8 Å². The largest absolute Gasteiger partial charge is 0.368 e. The molecule has 1 fully saturated rings. The van der Waals surface area contributed by atoms with Gasteiger partial charge in [-0.2, -0.15) is 0 Å². The van der Waals surface area contributed by atoms with Gasteiger partial charge in [-0.05, 0) is 48.8 Å². The molecule has 2 aromatic carbocycles. The summed E-state index contributed by atoms with van der Waals surface area (Å²) >= 11 is 11.9. The van der Waals surface area contributed by atoms with Crippen molar-refractivity contribution in [3.05, 3.63) is 70.2 Å². The molecule has 27 heavy (non-hydrogen) atoms. The van der Waals surface area contributed by atoms with Gasteiger partial charge in [-0.15, -0.1) is 0 Å². The lowest BCUT2D eigenvalue weighted by atomic mass is 9.82. The van der Waals surface area contributed by atoms with Crippen molar-refractivity contribution in [2.45, 2.75) is 18.4 Å². The summed E-state index contributed by atoms with van der Waals surface area (Å²) in [5.74, 6) is 0.291. The molecular weight excluding hydrogens is 374 g/mol. The van der Waals surface area contributed by atoms with Gasteiger partial charge in [-0.3, -0.25) is 0 Å². The molecule has 0 amide bonds. The minimum Gasteiger partial charge on any atom is -0.368 e. The number of hydrogen-bond donors (Lipinski definition) is 1. The van der Waals surface area contributed by atoms with Crippen molar-refractivity contribution in [2.24, 2.45) is 0 Å². The van der Waals surface area contributed by atoms with Crippen LogP contribution in [-0.2, 0) is 0 Å². The first kappa shape index (κ1) is 18.9. The van der Waals surface area contributed by atoms with Crippen LogP contribution in [0.3, 0.4) is 0 Å². The molecule has 2 aliphatic heterocycles. The summed E-state index contributed by atoms with van der Waals surface area (Å²) in [6.07, 6.45) is 1.07. The number of nitrogens with one attached hydrogen (secondary N) is 1. The second-order valence-corrected chi connectivity index (χ2v) is 8.48. The van der Waals surface area contributed by atoms with Crippen molar-refractivity contribution in [2.75, 3.05) is 39.8 Å². The van der Waals surface area contributed by atoms with E-state index in [9.17, 15) is 0 Å². The Labute approximate surface area is 172 Å². The fourth-order valence-corrected chi connectivity index (χ4v) is 4.63. The number of nitrogens with zero attached hydrogens (tertiary/aromatic N) is 2. The Morgan fingerprint density at radius 3 is 2.37 bits per heavy atom. The highest BCUT2D eigenvalue weighted by atomic mass is 35.5. The van der Waals surface area contributed by atoms with E-state index in [1.165, 1.54) is 16.7 Å². The Morgan fingerprint density at radius 1 is 1.00 bits per heavy atom. The minimum absolute atomic E-state index is 0.103. The molecule has 2 atom stereocenters. The van der Waals surface area contributed by atoms with Crippen LogP contribution in [0.4, 0.5) is 0 Å². The van der Waals surface area contributed by atoms with Gasteiger partial charge in [0.25, 0.3) is 0 Å². The van der Waals surface area contributed by atoms with Crippen LogP contribution in [0.1, 0.15) is 35.1 Å². The number of hydrogen-bond acceptors (Lipinski definition) is 3. The molecule has 2 aliphatic rings. The molecule has 5 heteroatoms. The lowest BCUT2D eigenvalue weighted by Gasteiger charge is -2.37. The fourth-order valence-electron chi connectivity index (χ4n) is 4.14. The molecule has 0 bridgehead atoms. The van der Waals surface area contributed by atoms with Crippen LogP contribution in [0.25, 0.3) is 0 Å². The number of piperazine rings is 1. The molecule has 1 saturated heterocycles. The van der Waals surface area contributed by atoms with E-state index in [1.54, 1.807) is 0 Å². The maximum absolute atomic E-state index is 6.07. The van der Waals surface area contributed by atoms with E-state index in [-0.39, 0.29) is 6.04 Å². The highest BCUT2D eigenvalue weighted by molar-refractivity contribution is 7.80. The molecular formula is C22H26ClN3S. The number of likely N-dealkylation sites (N-methyl/N-ethyl adjacent to an activating group) is 1. The number of halogens is 1. The van der Waals surface area contributed by atoms with Crippen LogP contribution >= 0.6 is 23.8 Å². The predicted molar refractivity (Wildman–Crippen MR) is 117 cm³/mol. The summed E-state index contributed by atoms with van der Waals surface area (Å²) in [5, 5.41) is 4.37. The molecule has 2 unspecified atom stereocenters. The van der Waals surface area contributed by atoms with E-state index < -0.39 is 0 Å². The van der Waals surface area contributed by atoms with Crippen molar-refractivity contribution in [1.29, 1.82) is 0 Å². The third-order valence-electron chi connectivity index (χ3n) is 5.82. The maximum Gasteiger partial charge on any atom is 0.0837 e. The third-order valence-corrected chi connectivity index (χ3v) is 6.47. The average molecular weight is 400 g/mol. The first-order chi connectivity index (χ1) is 13.1. The van der Waals surface area contributed by atoms with E-state index in [2.05, 4.69) is 58.6 Å². The van der Waals surface area contributed by atoms with Gasteiger partial charge in [-0.1, -0.05) is 60.2 Å². The SMILES string of the molecule is CN1CCN(CCC2C(=S)NC(c3ccc(Cl)cc3)c3ccccc32)CC1. The number of fused-ring (bicyclic) bond motifs is 1. The molecule has 1 N–H and O–H groups in total. The van der Waals surface area contributed by atoms with Crippen LogP contribution in [0.5, 0.6) is 0 Å². The lowest BCUT2D eigenvalue weighted by molar-refractivity contribution is 0.152. The van der Waals surface area contributed by atoms with Gasteiger partial charge in [0, 0.05) is 37.1 Å². The molecule has 0 saturated carbocycles. The minimum atomic E-state index is 0.103. The van der Waals surface area contributed by atoms with Gasteiger partial charge in [-0.25, -0.2) is 0 Å². The van der Waals surface area contributed by atoms with Crippen LogP contribution in [0.15, 0.2) is 48.5 Å². The summed E-state index contributed by atoms with van der Waals surface area (Å²) < 4.78 is 0. The fraction of sp³-hybridized carbons (Fsp3) is 0.409. The molecule has 2 aromatic rings. The summed E-state index contributed by atoms with van der Waals surface area (Å²) in [7, 11) is 2.20. The van der Waals surface area contributed by atoms with Gasteiger partial charge in [0.1, 0.15) is 0 Å². The second kappa shape index (κ2) is 8.27. The molecule has 3 nitrogen and oxygen atoms in total. The zero-order chi connectivity index (χ0) is 18.8. The standard InChI is InChI=1S/C22H26ClN3S/c1-25-12-14-26(15-13-25)11-10-20-18-4-2-3-5-19(18)21(24-22(20)27)16-6-8-17(23)9-7-16/h2-9,20-21H,10-15H2,1H3,(H,24,27). The van der Waals surface area contributed by atoms with Gasteiger partial charge < -0.3 is 15.1 Å². The van der Waals surface area contributed by atoms with E-state index in [0.717, 1.165) is 49.2 Å². The van der Waals surface area contributed by atoms with Gasteiger partial charge >= 0.3 is 0 Å². The van der Waals surface area contributed by atoms with E-state index >= 15 is 0 Å². The highest BCUT2D eigenvalue weighted by Crippen LogP contribution is 2.37. The zero-order valence-corrected chi connectivity index (χ0v) is 17.3. The van der Waals surface area contributed by atoms with Crippen LogP contribution in [0, 0.1) is 0 Å². The van der Waals surface area contributed by atoms with Crippen molar-refractivity contribution in [1.82, 2.24) is 15.1 Å². The summed E-state index contributed by atoms with van der Waals surface area (Å²) in [5.41, 5.74) is 3.90. The molecule has 0 spiro atoms. The predicted octanol–water partition coefficient (Wildman–Crippen LogP) is 4.08. The topological polar surface area (TPSA) is 18.5 Å². The van der Waals surface area contributed by atoms with E-state index in [0.29, 0.717) is 5.92 Å². The Balaban J connectivity index is 1.54. The molecule has 0 aromatic heterocycles. The zero-order valence-electron chi connectivity index (χ0n) is 15.7. The van der Waals surface area contributed by atoms with E-state index in [1.807, 2.05) is 12.1 Å². The van der Waals surface area contributed by atoms with Gasteiger partial charge in [0.2, 0.25) is 0 Å². The Kier molecular flexibility index (Phi) is 5.79. The molecule has 2 heterocycles. The van der Waals surface area contributed by atoms with Gasteiger partial charge in [0.05, 0.1) is 11.0 Å². The average Bonchev–Trinajstić information content (AvgIpc) is 2.69. The summed E-state index contributed by atoms with van der Waals surface area (Å²) in [6.45, 7) is 5.71. The molecule has 0 aliphatic carbocycles. The number of thiocarbonyl (C=S) groups is 1. The quantitative estimate of drug-likeness (QED) is 0.780. The normalized spacial score (nSPS) is 23.7. The number of benzene rings is 2. The first-order valence-corrected chi connectivity index (χ1v) is 10.5. The first-order valence-electron chi connectivity index (χ1n) is 9.67. The van der Waals surface area contributed by atoms with Crippen molar-refractivity contribution < 1.29 is 0 Å². The Bertz CT molecular complexity index is 799. The number of rotatable bonds is 4. The Morgan fingerprint density at radius 2 is 1.67 bits per heavy atom. The van der Waals surface area contributed by atoms with Crippen LogP contribution in [-0.4, -0.2) is 54.6 Å². The molecule has 142 valence electrons. The monoisotopic (exact) mass is 399 g/mol. The van der Waals surface area contributed by atoms with Crippen molar-refractivity contribution in [3.63, 3.8) is 0 Å². The third kappa shape index (κ3) is 4.19. The summed E-state index contributed by atoms with van der Waals surface area (Å²) in [4.78, 5) is 5.93. The second-order valence-electron chi connectivity index (χ2n) is 7.61.